The highest BCUT2D eigenvalue weighted by Gasteiger charge is 2.22. The first-order valence-electron chi connectivity index (χ1n) is 11.4. The summed E-state index contributed by atoms with van der Waals surface area (Å²) in [7, 11) is 0. The molecule has 0 aliphatic carbocycles. The van der Waals surface area contributed by atoms with Crippen LogP contribution in [0.2, 0.25) is 0 Å². The normalized spacial score (nSPS) is 11.2. The number of nitrogens with zero attached hydrogens (tertiary/aromatic N) is 2. The first-order valence-corrected chi connectivity index (χ1v) is 11.4. The van der Waals surface area contributed by atoms with Crippen LogP contribution in [-0.2, 0) is 22.7 Å². The van der Waals surface area contributed by atoms with E-state index in [9.17, 15) is 14.0 Å². The zero-order valence-electron chi connectivity index (χ0n) is 19.9. The molecule has 0 unspecified atom stereocenters. The van der Waals surface area contributed by atoms with Gasteiger partial charge >= 0.3 is 0 Å². The van der Waals surface area contributed by atoms with E-state index in [-0.39, 0.29) is 43.2 Å². The summed E-state index contributed by atoms with van der Waals surface area (Å²) >= 11 is 0. The van der Waals surface area contributed by atoms with Crippen molar-refractivity contribution in [1.29, 1.82) is 0 Å². The maximum atomic E-state index is 13.4. The molecule has 1 aromatic heterocycles. The minimum absolute atomic E-state index is 0.0585. The van der Waals surface area contributed by atoms with Gasteiger partial charge in [0.05, 0.1) is 6.54 Å². The molecule has 0 aliphatic rings. The molecule has 3 rings (SSSR count). The fourth-order valence-corrected chi connectivity index (χ4v) is 3.57. The maximum absolute atomic E-state index is 13.4. The molecule has 5 nitrogen and oxygen atoms in total. The van der Waals surface area contributed by atoms with Crippen molar-refractivity contribution in [2.24, 2.45) is 5.92 Å². The number of amides is 2. The van der Waals surface area contributed by atoms with Gasteiger partial charge in [-0.3, -0.25) is 9.59 Å². The minimum Gasteiger partial charge on any atom is -0.464 e. The molecule has 0 radical (unpaired) electrons. The van der Waals surface area contributed by atoms with Crippen molar-refractivity contribution in [3.63, 3.8) is 0 Å². The van der Waals surface area contributed by atoms with Gasteiger partial charge in [-0.05, 0) is 54.3 Å². The molecule has 0 atom stereocenters. The molecule has 0 bridgehead atoms. The summed E-state index contributed by atoms with van der Waals surface area (Å²) in [4.78, 5) is 29.6. The van der Waals surface area contributed by atoms with Crippen LogP contribution in [0, 0.1) is 18.7 Å². The molecule has 178 valence electrons. The van der Waals surface area contributed by atoms with Gasteiger partial charge in [0.15, 0.2) is 0 Å². The highest BCUT2D eigenvalue weighted by atomic mass is 19.1. The summed E-state index contributed by atoms with van der Waals surface area (Å²) in [5.74, 6) is 0.842. The number of carbonyl (C=O) groups is 2. The Morgan fingerprint density at radius 1 is 0.941 bits per heavy atom. The van der Waals surface area contributed by atoms with Gasteiger partial charge in [-0.2, -0.15) is 0 Å². The van der Waals surface area contributed by atoms with Crippen molar-refractivity contribution in [2.75, 3.05) is 13.1 Å². The quantitative estimate of drug-likeness (QED) is 0.376. The SMILES string of the molecule is Cc1ccc(CN(Cc2ccc(F)cc2)C(=O)CN(CC(C)C)C(=O)C=Cc2ccccc2)o1. The van der Waals surface area contributed by atoms with Crippen LogP contribution in [0.25, 0.3) is 6.08 Å². The van der Waals surface area contributed by atoms with Crippen LogP contribution in [0.4, 0.5) is 4.39 Å². The second-order valence-electron chi connectivity index (χ2n) is 8.75. The summed E-state index contributed by atoms with van der Waals surface area (Å²) in [5.41, 5.74) is 1.71. The van der Waals surface area contributed by atoms with E-state index in [0.717, 1.165) is 16.9 Å². The molecule has 0 aliphatic heterocycles. The molecule has 0 fully saturated rings. The molecule has 1 heterocycles. The van der Waals surface area contributed by atoms with Gasteiger partial charge in [0, 0.05) is 19.2 Å². The van der Waals surface area contributed by atoms with Gasteiger partial charge in [-0.25, -0.2) is 4.39 Å². The van der Waals surface area contributed by atoms with E-state index < -0.39 is 0 Å². The molecule has 6 heteroatoms. The van der Waals surface area contributed by atoms with Crippen molar-refractivity contribution >= 4 is 17.9 Å². The maximum Gasteiger partial charge on any atom is 0.247 e. The summed E-state index contributed by atoms with van der Waals surface area (Å²) in [6, 6.07) is 19.3. The molecule has 3 aromatic rings. The fourth-order valence-electron chi connectivity index (χ4n) is 3.57. The lowest BCUT2D eigenvalue weighted by molar-refractivity contribution is -0.139. The number of benzene rings is 2. The number of aryl methyl sites for hydroxylation is 1. The van der Waals surface area contributed by atoms with Gasteiger partial charge in [0.25, 0.3) is 0 Å². The third-order valence-corrected chi connectivity index (χ3v) is 5.22. The number of halogens is 1. The third kappa shape index (κ3) is 7.73. The Morgan fingerprint density at radius 2 is 1.65 bits per heavy atom. The highest BCUT2D eigenvalue weighted by Crippen LogP contribution is 2.15. The smallest absolute Gasteiger partial charge is 0.247 e. The van der Waals surface area contributed by atoms with E-state index in [1.807, 2.05) is 63.2 Å². The van der Waals surface area contributed by atoms with Crippen molar-refractivity contribution < 1.29 is 18.4 Å². The molecule has 34 heavy (non-hydrogen) atoms. The number of hydrogen-bond donors (Lipinski definition) is 0. The summed E-state index contributed by atoms with van der Waals surface area (Å²) < 4.78 is 19.0. The molecule has 0 N–H and O–H groups in total. The number of hydrogen-bond acceptors (Lipinski definition) is 3. The van der Waals surface area contributed by atoms with Crippen LogP contribution in [-0.4, -0.2) is 34.7 Å². The number of furan rings is 1. The molecular weight excluding hydrogens is 431 g/mol. The van der Waals surface area contributed by atoms with Gasteiger partial charge < -0.3 is 14.2 Å². The van der Waals surface area contributed by atoms with E-state index in [4.69, 9.17) is 4.42 Å². The Bertz CT molecular complexity index is 1100. The average Bonchev–Trinajstić information content (AvgIpc) is 3.23. The minimum atomic E-state index is -0.331. The van der Waals surface area contributed by atoms with Crippen LogP contribution in [0.5, 0.6) is 0 Å². The van der Waals surface area contributed by atoms with Crippen LogP contribution in [0.15, 0.2) is 77.2 Å². The highest BCUT2D eigenvalue weighted by molar-refractivity contribution is 5.94. The molecule has 2 amide bonds. The number of rotatable bonds is 10. The Labute approximate surface area is 200 Å². The first kappa shape index (κ1) is 25.0. The van der Waals surface area contributed by atoms with Crippen LogP contribution in [0.1, 0.15) is 36.5 Å². The monoisotopic (exact) mass is 462 g/mol. The van der Waals surface area contributed by atoms with E-state index in [1.54, 1.807) is 28.0 Å². The van der Waals surface area contributed by atoms with Gasteiger partial charge in [-0.15, -0.1) is 0 Å². The van der Waals surface area contributed by atoms with Crippen molar-refractivity contribution in [2.45, 2.75) is 33.9 Å². The zero-order valence-corrected chi connectivity index (χ0v) is 19.9. The summed E-state index contributed by atoms with van der Waals surface area (Å²) in [6.07, 6.45) is 3.26. The summed E-state index contributed by atoms with van der Waals surface area (Å²) in [5, 5.41) is 0. The van der Waals surface area contributed by atoms with Crippen LogP contribution in [0.3, 0.4) is 0 Å². The Hall–Kier alpha value is -3.67. The number of carbonyl (C=O) groups excluding carboxylic acids is 2. The van der Waals surface area contributed by atoms with E-state index in [1.165, 1.54) is 18.2 Å². The standard InChI is InChI=1S/C28H31FN2O3/c1-21(2)17-30(27(32)16-12-23-7-5-4-6-8-23)20-28(33)31(19-26-15-9-22(3)34-26)18-24-10-13-25(29)14-11-24/h4-16,21H,17-20H2,1-3H3. The van der Waals surface area contributed by atoms with Crippen molar-refractivity contribution in [1.82, 2.24) is 9.80 Å². The second-order valence-corrected chi connectivity index (χ2v) is 8.75. The second kappa shape index (κ2) is 12.0. The lowest BCUT2D eigenvalue weighted by atomic mass is 10.1. The van der Waals surface area contributed by atoms with Gasteiger partial charge in [0.2, 0.25) is 11.8 Å². The van der Waals surface area contributed by atoms with Gasteiger partial charge in [0.1, 0.15) is 23.9 Å². The lowest BCUT2D eigenvalue weighted by Crippen LogP contribution is -2.43. The third-order valence-electron chi connectivity index (χ3n) is 5.22. The first-order chi connectivity index (χ1) is 16.3. The Morgan fingerprint density at radius 3 is 2.26 bits per heavy atom. The molecule has 0 saturated carbocycles. The van der Waals surface area contributed by atoms with E-state index in [2.05, 4.69) is 0 Å². The predicted octanol–water partition coefficient (Wildman–Crippen LogP) is 5.45. The van der Waals surface area contributed by atoms with Crippen LogP contribution < -0.4 is 0 Å². The van der Waals surface area contributed by atoms with E-state index in [0.29, 0.717) is 12.3 Å². The Balaban J connectivity index is 1.77. The largest absolute Gasteiger partial charge is 0.464 e. The topological polar surface area (TPSA) is 53.8 Å². The average molecular weight is 463 g/mol. The van der Waals surface area contributed by atoms with Crippen molar-refractivity contribution in [3.8, 4) is 0 Å². The molecule has 2 aromatic carbocycles. The fraction of sp³-hybridized carbons (Fsp3) is 0.286. The van der Waals surface area contributed by atoms with Crippen LogP contribution >= 0.6 is 0 Å². The van der Waals surface area contributed by atoms with E-state index >= 15 is 0 Å². The van der Waals surface area contributed by atoms with Gasteiger partial charge in [-0.1, -0.05) is 56.3 Å². The Kier molecular flexibility index (Phi) is 8.79. The molecule has 0 saturated heterocycles. The molecular formula is C28H31FN2O3. The summed E-state index contributed by atoms with van der Waals surface area (Å²) in [6.45, 7) is 6.79. The molecule has 0 spiro atoms. The predicted molar refractivity (Wildman–Crippen MR) is 131 cm³/mol. The van der Waals surface area contributed by atoms with Crippen molar-refractivity contribution in [3.05, 3.63) is 101 Å². The lowest BCUT2D eigenvalue weighted by Gasteiger charge is -2.28. The zero-order chi connectivity index (χ0) is 24.5.